The Balaban J connectivity index is 1.49. The van der Waals surface area contributed by atoms with E-state index in [1.54, 1.807) is 14.2 Å². The molecule has 0 aliphatic carbocycles. The second-order valence-electron chi connectivity index (χ2n) is 8.88. The van der Waals surface area contributed by atoms with E-state index in [2.05, 4.69) is 0 Å². The second-order valence-corrected chi connectivity index (χ2v) is 10.0. The molecule has 38 heavy (non-hydrogen) atoms. The number of methoxy groups -OCH3 is 2. The van der Waals surface area contributed by atoms with Gasteiger partial charge in [-0.2, -0.15) is 0 Å². The lowest BCUT2D eigenvalue weighted by molar-refractivity contribution is -0.205. The maximum absolute atomic E-state index is 10.8. The molecular formula is C27H34N2O8S. The van der Waals surface area contributed by atoms with Gasteiger partial charge in [-0.1, -0.05) is 36.0 Å². The number of carbonyl (C=O) groups excluding carboxylic acids is 1. The lowest BCUT2D eigenvalue weighted by Crippen LogP contribution is -2.57. The summed E-state index contributed by atoms with van der Waals surface area (Å²) in [4.78, 5) is 15.8. The van der Waals surface area contributed by atoms with Crippen LogP contribution in [0.5, 0.6) is 11.5 Å². The maximum atomic E-state index is 10.8. The first-order chi connectivity index (χ1) is 18.5. The van der Waals surface area contributed by atoms with Gasteiger partial charge in [0.25, 0.3) is 0 Å². The summed E-state index contributed by atoms with van der Waals surface area (Å²) in [6.45, 7) is 0.638. The number of aliphatic imine (C=N–C) groups is 1. The van der Waals surface area contributed by atoms with Gasteiger partial charge < -0.3 is 39.3 Å². The molecule has 1 saturated heterocycles. The van der Waals surface area contributed by atoms with Crippen LogP contribution in [0, 0.1) is 0 Å². The first kappa shape index (κ1) is 28.2. The molecular weight excluding hydrogens is 512 g/mol. The zero-order chi connectivity index (χ0) is 26.9. The zero-order valence-corrected chi connectivity index (χ0v) is 22.3. The number of hydrogen-bond donors (Lipinski definition) is 2. The number of ether oxygens (including phenoxy) is 6. The van der Waals surface area contributed by atoms with Gasteiger partial charge in [-0.25, -0.2) is 4.79 Å². The van der Waals surface area contributed by atoms with Gasteiger partial charge in [0, 0.05) is 0 Å². The fourth-order valence-electron chi connectivity index (χ4n) is 4.34. The molecule has 0 saturated carbocycles. The third-order valence-corrected chi connectivity index (χ3v) is 7.53. The van der Waals surface area contributed by atoms with Gasteiger partial charge in [-0.3, -0.25) is 4.99 Å². The normalized spacial score (nSPS) is 24.4. The summed E-state index contributed by atoms with van der Waals surface area (Å²) in [5, 5.41) is 11.1. The van der Waals surface area contributed by atoms with E-state index in [9.17, 15) is 9.90 Å². The third kappa shape index (κ3) is 7.39. The van der Waals surface area contributed by atoms with Crippen molar-refractivity contribution in [3.63, 3.8) is 0 Å². The summed E-state index contributed by atoms with van der Waals surface area (Å²) in [7, 11) is 3.25. The first-order valence-electron chi connectivity index (χ1n) is 12.4. The average Bonchev–Trinajstić information content (AvgIpc) is 3.35. The quantitative estimate of drug-likeness (QED) is 0.363. The molecule has 4 rings (SSSR count). The summed E-state index contributed by atoms with van der Waals surface area (Å²) in [5.74, 6) is 1.53. The Bertz CT molecular complexity index is 1070. The van der Waals surface area contributed by atoms with Gasteiger partial charge in [0.05, 0.1) is 45.7 Å². The van der Waals surface area contributed by atoms with Crippen molar-refractivity contribution in [2.75, 3.05) is 27.4 Å². The largest absolute Gasteiger partial charge is 0.497 e. The number of aliphatic hydroxyl groups excluding tert-OH is 1. The number of carbonyl (C=O) groups is 1. The highest BCUT2D eigenvalue weighted by Gasteiger charge is 2.50. The molecule has 2 heterocycles. The van der Waals surface area contributed by atoms with Crippen molar-refractivity contribution in [2.24, 2.45) is 10.7 Å². The van der Waals surface area contributed by atoms with E-state index < -0.39 is 24.4 Å². The highest BCUT2D eigenvalue weighted by molar-refractivity contribution is 8.14. The Morgan fingerprint density at radius 3 is 2.08 bits per heavy atom. The lowest BCUT2D eigenvalue weighted by Gasteiger charge is -2.42. The zero-order valence-electron chi connectivity index (χ0n) is 21.5. The van der Waals surface area contributed by atoms with Crippen molar-refractivity contribution in [3.8, 4) is 11.5 Å². The average molecular weight is 547 g/mol. The van der Waals surface area contributed by atoms with E-state index >= 15 is 0 Å². The molecule has 0 radical (unpaired) electrons. The molecule has 1 fully saturated rings. The molecule has 0 spiro atoms. The van der Waals surface area contributed by atoms with Gasteiger partial charge in [0.1, 0.15) is 41.3 Å². The minimum atomic E-state index is -0.794. The van der Waals surface area contributed by atoms with Crippen LogP contribution < -0.4 is 15.2 Å². The van der Waals surface area contributed by atoms with E-state index in [1.807, 2.05) is 48.5 Å². The molecule has 2 aromatic carbocycles. The van der Waals surface area contributed by atoms with Crippen LogP contribution in [0.3, 0.4) is 0 Å². The minimum Gasteiger partial charge on any atom is -0.497 e. The number of fused-ring (bicyclic) bond motifs is 1. The van der Waals surface area contributed by atoms with Crippen LogP contribution in [0.15, 0.2) is 53.5 Å². The van der Waals surface area contributed by atoms with Gasteiger partial charge in [-0.05, 0) is 48.2 Å². The Labute approximate surface area is 226 Å². The number of benzene rings is 2. The molecule has 0 bridgehead atoms. The van der Waals surface area contributed by atoms with E-state index in [1.165, 1.54) is 11.8 Å². The van der Waals surface area contributed by atoms with E-state index in [0.717, 1.165) is 27.7 Å². The number of rotatable bonds is 13. The van der Waals surface area contributed by atoms with E-state index in [-0.39, 0.29) is 24.7 Å². The van der Waals surface area contributed by atoms with Crippen LogP contribution in [0.2, 0.25) is 0 Å². The fourth-order valence-corrected chi connectivity index (χ4v) is 5.61. The molecule has 2 aliphatic heterocycles. The summed E-state index contributed by atoms with van der Waals surface area (Å²) < 4.78 is 34.3. The van der Waals surface area contributed by atoms with Crippen molar-refractivity contribution in [1.29, 1.82) is 0 Å². The van der Waals surface area contributed by atoms with Crippen LogP contribution in [-0.4, -0.2) is 73.5 Å². The van der Waals surface area contributed by atoms with Crippen molar-refractivity contribution in [2.45, 2.75) is 55.8 Å². The number of amides is 1. The summed E-state index contributed by atoms with van der Waals surface area (Å²) in [6.07, 6.45) is -1.19. The molecule has 10 nitrogen and oxygen atoms in total. The molecule has 2 aliphatic rings. The smallest absolute Gasteiger partial charge is 0.404 e. The molecule has 0 aromatic heterocycles. The molecule has 5 atom stereocenters. The number of thioether (sulfide) groups is 1. The van der Waals surface area contributed by atoms with Crippen LogP contribution in [-0.2, 0) is 32.2 Å². The summed E-state index contributed by atoms with van der Waals surface area (Å²) >= 11 is 1.50. The van der Waals surface area contributed by atoms with E-state index in [4.69, 9.17) is 39.1 Å². The Morgan fingerprint density at radius 2 is 1.55 bits per heavy atom. The lowest BCUT2D eigenvalue weighted by atomic mass is 9.97. The van der Waals surface area contributed by atoms with Gasteiger partial charge in [-0.15, -0.1) is 0 Å². The number of nitrogens with two attached hydrogens (primary N) is 1. The van der Waals surface area contributed by atoms with Crippen LogP contribution in [0.25, 0.3) is 0 Å². The second kappa shape index (κ2) is 13.8. The van der Waals surface area contributed by atoms with Crippen LogP contribution >= 0.6 is 11.8 Å². The third-order valence-electron chi connectivity index (χ3n) is 6.32. The maximum Gasteiger partial charge on any atom is 0.404 e. The molecule has 1 amide bonds. The van der Waals surface area contributed by atoms with Crippen molar-refractivity contribution in [1.82, 2.24) is 0 Å². The van der Waals surface area contributed by atoms with Crippen LogP contribution in [0.1, 0.15) is 24.0 Å². The highest BCUT2D eigenvalue weighted by atomic mass is 32.2. The molecule has 206 valence electrons. The van der Waals surface area contributed by atoms with E-state index in [0.29, 0.717) is 26.1 Å². The standard InChI is InChI=1S/C27H34N2O8S/c1-32-19-9-5-17(6-10-19)15-35-24-21(14-30)37-26-23(29-22(38-26)4-3-13-34-27(28)31)25(24)36-16-18-7-11-20(33-2)12-8-18/h5-12,21,23-26,30H,3-4,13-16H2,1-2H3,(H2,28,31)/t21-,23?,24-,25-,26?/m1/s1. The van der Waals surface area contributed by atoms with Crippen molar-refractivity contribution in [3.05, 3.63) is 59.7 Å². The molecule has 2 unspecified atom stereocenters. The molecule has 11 heteroatoms. The molecule has 2 aromatic rings. The first-order valence-corrected chi connectivity index (χ1v) is 13.3. The minimum absolute atomic E-state index is 0.218. The monoisotopic (exact) mass is 546 g/mol. The Hall–Kier alpha value is -2.83. The van der Waals surface area contributed by atoms with Gasteiger partial charge >= 0.3 is 6.09 Å². The van der Waals surface area contributed by atoms with Crippen LogP contribution in [0.4, 0.5) is 4.79 Å². The van der Waals surface area contributed by atoms with Crippen molar-refractivity contribution < 1.29 is 38.3 Å². The Kier molecular flexibility index (Phi) is 10.2. The summed E-state index contributed by atoms with van der Waals surface area (Å²) in [5.41, 5.74) is 6.66. The number of primary amides is 1. The Morgan fingerprint density at radius 1 is 0.974 bits per heavy atom. The molecule has 3 N–H and O–H groups in total. The SMILES string of the molecule is COc1ccc(CO[C@H]2[C@H](OCc3ccc(OC)cc3)C3N=C(CCCOC(N)=O)SC3O[C@@H]2CO)cc1. The van der Waals surface area contributed by atoms with Gasteiger partial charge in [0.15, 0.2) is 0 Å². The topological polar surface area (TPSA) is 131 Å². The number of nitrogens with zero attached hydrogens (tertiary/aromatic N) is 1. The highest BCUT2D eigenvalue weighted by Crippen LogP contribution is 2.40. The predicted molar refractivity (Wildman–Crippen MR) is 142 cm³/mol. The summed E-state index contributed by atoms with van der Waals surface area (Å²) in [6, 6.07) is 15.0. The number of hydrogen-bond acceptors (Lipinski definition) is 10. The van der Waals surface area contributed by atoms with Gasteiger partial charge in [0.2, 0.25) is 0 Å². The number of aliphatic hydroxyl groups is 1. The van der Waals surface area contributed by atoms with Crippen molar-refractivity contribution >= 4 is 22.9 Å². The predicted octanol–water partition coefficient (Wildman–Crippen LogP) is 3.28. The fraction of sp³-hybridized carbons (Fsp3) is 0.481.